The van der Waals surface area contributed by atoms with E-state index in [0.29, 0.717) is 5.92 Å². The van der Waals surface area contributed by atoms with Gasteiger partial charge in [-0.05, 0) is 32.4 Å². The van der Waals surface area contributed by atoms with Gasteiger partial charge in [0.05, 0.1) is 12.8 Å². The summed E-state index contributed by atoms with van der Waals surface area (Å²) in [6, 6.07) is 1.97. The average Bonchev–Trinajstić information content (AvgIpc) is 2.76. The molecule has 1 N–H and O–H groups in total. The Hall–Kier alpha value is -1.03. The summed E-state index contributed by atoms with van der Waals surface area (Å²) in [5, 5.41) is 7.76. The lowest BCUT2D eigenvalue weighted by atomic mass is 10.1. The molecule has 1 atom stereocenters. The maximum atomic E-state index is 5.26. The second kappa shape index (κ2) is 4.00. The second-order valence-corrected chi connectivity index (χ2v) is 3.87. The number of methoxy groups -OCH3 is 1. The lowest BCUT2D eigenvalue weighted by Gasteiger charge is -2.10. The number of rotatable bonds is 3. The Balaban J connectivity index is 2.06. The van der Waals surface area contributed by atoms with E-state index >= 15 is 0 Å². The van der Waals surface area contributed by atoms with Crippen LogP contribution in [0, 0.1) is 12.8 Å². The molecule has 78 valence electrons. The van der Waals surface area contributed by atoms with E-state index in [2.05, 4.69) is 10.4 Å². The molecule has 2 rings (SSSR count). The van der Waals surface area contributed by atoms with E-state index in [0.717, 1.165) is 31.2 Å². The summed E-state index contributed by atoms with van der Waals surface area (Å²) in [6.07, 6.45) is 1.24. The van der Waals surface area contributed by atoms with Crippen LogP contribution in [0.1, 0.15) is 12.1 Å². The number of hydrogen-bond donors (Lipinski definition) is 1. The molecule has 1 fully saturated rings. The molecule has 0 spiro atoms. The summed E-state index contributed by atoms with van der Waals surface area (Å²) >= 11 is 0. The van der Waals surface area contributed by atoms with E-state index in [4.69, 9.17) is 4.74 Å². The first-order valence-electron chi connectivity index (χ1n) is 5.09. The van der Waals surface area contributed by atoms with Gasteiger partial charge in [0.1, 0.15) is 0 Å². The van der Waals surface area contributed by atoms with Gasteiger partial charge >= 0.3 is 0 Å². The third-order valence-corrected chi connectivity index (χ3v) is 2.67. The van der Waals surface area contributed by atoms with Crippen molar-refractivity contribution < 1.29 is 4.74 Å². The van der Waals surface area contributed by atoms with Crippen LogP contribution in [0.15, 0.2) is 6.07 Å². The van der Waals surface area contributed by atoms with E-state index < -0.39 is 0 Å². The summed E-state index contributed by atoms with van der Waals surface area (Å²) in [5.41, 5.74) is 1.02. The van der Waals surface area contributed by atoms with E-state index in [1.54, 1.807) is 7.11 Å². The zero-order valence-corrected chi connectivity index (χ0v) is 8.79. The molecule has 0 saturated carbocycles. The van der Waals surface area contributed by atoms with Gasteiger partial charge in [-0.15, -0.1) is 0 Å². The lowest BCUT2D eigenvalue weighted by molar-refractivity contribution is 0.337. The summed E-state index contributed by atoms with van der Waals surface area (Å²) < 4.78 is 7.22. The monoisotopic (exact) mass is 195 g/mol. The first-order valence-corrected chi connectivity index (χ1v) is 5.09. The minimum atomic E-state index is 0.697. The molecular formula is C10H17N3O. The van der Waals surface area contributed by atoms with Crippen molar-refractivity contribution in [2.24, 2.45) is 5.92 Å². The number of nitrogens with one attached hydrogen (secondary N) is 1. The zero-order valence-electron chi connectivity index (χ0n) is 8.79. The average molecular weight is 195 g/mol. The van der Waals surface area contributed by atoms with E-state index in [9.17, 15) is 0 Å². The standard InChI is InChI=1S/C10H17N3O/c1-8-5-10(14-2)13(12-8)7-9-3-4-11-6-9/h5,9,11H,3-4,6-7H2,1-2H3. The topological polar surface area (TPSA) is 39.1 Å². The Kier molecular flexibility index (Phi) is 2.72. The Morgan fingerprint density at radius 2 is 2.57 bits per heavy atom. The van der Waals surface area contributed by atoms with Gasteiger partial charge in [-0.25, -0.2) is 4.68 Å². The first-order chi connectivity index (χ1) is 6.79. The van der Waals surface area contributed by atoms with Crippen LogP contribution in [0.2, 0.25) is 0 Å². The van der Waals surface area contributed by atoms with Crippen molar-refractivity contribution in [3.05, 3.63) is 11.8 Å². The maximum absolute atomic E-state index is 5.26. The van der Waals surface area contributed by atoms with Crippen molar-refractivity contribution in [1.29, 1.82) is 0 Å². The van der Waals surface area contributed by atoms with Crippen LogP contribution in [0.4, 0.5) is 0 Å². The fourth-order valence-electron chi connectivity index (χ4n) is 1.93. The normalized spacial score (nSPS) is 21.4. The number of aromatic nitrogens is 2. The molecule has 0 amide bonds. The number of ether oxygens (including phenoxy) is 1. The highest BCUT2D eigenvalue weighted by Gasteiger charge is 2.17. The first kappa shape index (κ1) is 9.52. The fourth-order valence-corrected chi connectivity index (χ4v) is 1.93. The van der Waals surface area contributed by atoms with Crippen molar-refractivity contribution in [2.75, 3.05) is 20.2 Å². The highest BCUT2D eigenvalue weighted by Crippen LogP contribution is 2.17. The van der Waals surface area contributed by atoms with Crippen LogP contribution >= 0.6 is 0 Å². The Morgan fingerprint density at radius 1 is 1.71 bits per heavy atom. The third kappa shape index (κ3) is 1.90. The van der Waals surface area contributed by atoms with Crippen molar-refractivity contribution in [2.45, 2.75) is 19.9 Å². The molecule has 1 saturated heterocycles. The largest absolute Gasteiger partial charge is 0.481 e. The molecule has 0 radical (unpaired) electrons. The van der Waals surface area contributed by atoms with Crippen LogP contribution < -0.4 is 10.1 Å². The third-order valence-electron chi connectivity index (χ3n) is 2.67. The van der Waals surface area contributed by atoms with Gasteiger partial charge in [-0.1, -0.05) is 0 Å². The molecule has 14 heavy (non-hydrogen) atoms. The van der Waals surface area contributed by atoms with Gasteiger partial charge in [-0.2, -0.15) is 5.10 Å². The molecule has 4 nitrogen and oxygen atoms in total. The Bertz CT molecular complexity index is 302. The van der Waals surface area contributed by atoms with Gasteiger partial charge < -0.3 is 10.1 Å². The predicted molar refractivity (Wildman–Crippen MR) is 54.5 cm³/mol. The summed E-state index contributed by atoms with van der Waals surface area (Å²) in [6.45, 7) is 5.19. The molecule has 1 aromatic rings. The van der Waals surface area contributed by atoms with Crippen LogP contribution in [0.5, 0.6) is 5.88 Å². The Morgan fingerprint density at radius 3 is 3.21 bits per heavy atom. The summed E-state index contributed by atoms with van der Waals surface area (Å²) in [5.74, 6) is 1.57. The molecule has 0 aromatic carbocycles. The van der Waals surface area contributed by atoms with Gasteiger partial charge in [0, 0.05) is 12.6 Å². The SMILES string of the molecule is COc1cc(C)nn1CC1CCNC1. The lowest BCUT2D eigenvalue weighted by Crippen LogP contribution is -2.15. The quantitative estimate of drug-likeness (QED) is 0.775. The van der Waals surface area contributed by atoms with Crippen LogP contribution in [-0.2, 0) is 6.54 Å². The fraction of sp³-hybridized carbons (Fsp3) is 0.700. The molecule has 1 unspecified atom stereocenters. The highest BCUT2D eigenvalue weighted by molar-refractivity contribution is 5.14. The number of hydrogen-bond acceptors (Lipinski definition) is 3. The van der Waals surface area contributed by atoms with Crippen molar-refractivity contribution >= 4 is 0 Å². The van der Waals surface area contributed by atoms with Crippen molar-refractivity contribution in [3.63, 3.8) is 0 Å². The van der Waals surface area contributed by atoms with Gasteiger partial charge in [0.2, 0.25) is 5.88 Å². The van der Waals surface area contributed by atoms with Crippen LogP contribution in [-0.4, -0.2) is 30.0 Å². The van der Waals surface area contributed by atoms with Crippen LogP contribution in [0.25, 0.3) is 0 Å². The predicted octanol–water partition coefficient (Wildman–Crippen LogP) is 0.810. The summed E-state index contributed by atoms with van der Waals surface area (Å²) in [4.78, 5) is 0. The van der Waals surface area contributed by atoms with E-state index in [-0.39, 0.29) is 0 Å². The smallest absolute Gasteiger partial charge is 0.211 e. The van der Waals surface area contributed by atoms with Crippen LogP contribution in [0.3, 0.4) is 0 Å². The van der Waals surface area contributed by atoms with E-state index in [1.165, 1.54) is 6.42 Å². The zero-order chi connectivity index (χ0) is 9.97. The molecule has 0 bridgehead atoms. The minimum Gasteiger partial charge on any atom is -0.481 e. The molecule has 1 aromatic heterocycles. The molecule has 1 aliphatic rings. The number of nitrogens with zero attached hydrogens (tertiary/aromatic N) is 2. The van der Waals surface area contributed by atoms with Gasteiger partial charge in [0.15, 0.2) is 0 Å². The minimum absolute atomic E-state index is 0.697. The molecule has 1 aliphatic heterocycles. The highest BCUT2D eigenvalue weighted by atomic mass is 16.5. The van der Waals surface area contributed by atoms with Crippen molar-refractivity contribution in [3.8, 4) is 5.88 Å². The second-order valence-electron chi connectivity index (χ2n) is 3.87. The number of aryl methyl sites for hydroxylation is 1. The van der Waals surface area contributed by atoms with Gasteiger partial charge in [0.25, 0.3) is 0 Å². The van der Waals surface area contributed by atoms with E-state index in [1.807, 2.05) is 17.7 Å². The molecular weight excluding hydrogens is 178 g/mol. The maximum Gasteiger partial charge on any atom is 0.211 e. The molecule has 2 heterocycles. The summed E-state index contributed by atoms with van der Waals surface area (Å²) in [7, 11) is 1.69. The Labute approximate surface area is 84.3 Å². The van der Waals surface area contributed by atoms with Crippen molar-refractivity contribution in [1.82, 2.24) is 15.1 Å². The molecule has 0 aliphatic carbocycles. The molecule has 4 heteroatoms. The van der Waals surface area contributed by atoms with Gasteiger partial charge in [-0.3, -0.25) is 0 Å².